The van der Waals surface area contributed by atoms with Crippen LogP contribution in [0, 0.1) is 0 Å². The van der Waals surface area contributed by atoms with Crippen LogP contribution in [0.1, 0.15) is 12.0 Å². The Morgan fingerprint density at radius 2 is 1.78 bits per heavy atom. The molecule has 5 heteroatoms. The molecule has 3 rings (SSSR count). The van der Waals surface area contributed by atoms with Crippen molar-refractivity contribution in [3.8, 4) is 17.2 Å². The van der Waals surface area contributed by atoms with Gasteiger partial charge in [0.2, 0.25) is 0 Å². The summed E-state index contributed by atoms with van der Waals surface area (Å²) in [5, 5.41) is 0. The van der Waals surface area contributed by atoms with Gasteiger partial charge in [0.15, 0.2) is 11.5 Å². The number of ether oxygens (including phenoxy) is 3. The second-order valence-electron chi connectivity index (χ2n) is 5.31. The molecule has 0 spiro atoms. The highest BCUT2D eigenvalue weighted by molar-refractivity contribution is 7.85. The number of fused-ring (bicyclic) bond motifs is 1. The molecule has 0 N–H and O–H groups in total. The van der Waals surface area contributed by atoms with Crippen LogP contribution in [0.3, 0.4) is 0 Å². The van der Waals surface area contributed by atoms with Gasteiger partial charge in [-0.1, -0.05) is 12.1 Å². The van der Waals surface area contributed by atoms with E-state index in [4.69, 9.17) is 14.2 Å². The minimum Gasteiger partial charge on any atom is -0.497 e. The Kier molecular flexibility index (Phi) is 5.18. The maximum absolute atomic E-state index is 12.5. The molecule has 4 nitrogen and oxygen atoms in total. The fourth-order valence-corrected chi connectivity index (χ4v) is 3.52. The number of methoxy groups -OCH3 is 1. The SMILES string of the molecule is COc1ccc(CC[S@@](=O)c2ccc3c(c2)OCCCO3)cc1. The van der Waals surface area contributed by atoms with Crippen LogP contribution < -0.4 is 14.2 Å². The van der Waals surface area contributed by atoms with Gasteiger partial charge in [0.25, 0.3) is 0 Å². The van der Waals surface area contributed by atoms with Gasteiger partial charge in [-0.25, -0.2) is 0 Å². The van der Waals surface area contributed by atoms with Crippen molar-refractivity contribution in [2.75, 3.05) is 26.1 Å². The summed E-state index contributed by atoms with van der Waals surface area (Å²) in [6.45, 7) is 1.29. The van der Waals surface area contributed by atoms with Crippen LogP contribution in [0.4, 0.5) is 0 Å². The van der Waals surface area contributed by atoms with Gasteiger partial charge in [-0.2, -0.15) is 0 Å². The van der Waals surface area contributed by atoms with Gasteiger partial charge in [0.1, 0.15) is 5.75 Å². The highest BCUT2D eigenvalue weighted by Crippen LogP contribution is 2.31. The second kappa shape index (κ2) is 7.51. The van der Waals surface area contributed by atoms with E-state index in [1.54, 1.807) is 7.11 Å². The Labute approximate surface area is 138 Å². The lowest BCUT2D eigenvalue weighted by Crippen LogP contribution is -2.02. The summed E-state index contributed by atoms with van der Waals surface area (Å²) in [7, 11) is 0.585. The van der Waals surface area contributed by atoms with Gasteiger partial charge in [-0.05, 0) is 36.2 Å². The lowest BCUT2D eigenvalue weighted by molar-refractivity contribution is 0.297. The Morgan fingerprint density at radius 3 is 2.52 bits per heavy atom. The van der Waals surface area contributed by atoms with Gasteiger partial charge in [0, 0.05) is 23.1 Å². The molecule has 0 fully saturated rings. The molecule has 1 aliphatic heterocycles. The molecular formula is C18H20O4S. The monoisotopic (exact) mass is 332 g/mol. The minimum absolute atomic E-state index is 0.575. The van der Waals surface area contributed by atoms with E-state index in [1.165, 1.54) is 0 Å². The quantitative estimate of drug-likeness (QED) is 0.843. The Balaban J connectivity index is 1.64. The zero-order valence-electron chi connectivity index (χ0n) is 13.1. The number of benzene rings is 2. The highest BCUT2D eigenvalue weighted by atomic mass is 32.2. The summed E-state index contributed by atoms with van der Waals surface area (Å²) in [5.41, 5.74) is 1.15. The summed E-state index contributed by atoms with van der Waals surface area (Å²) >= 11 is 0. The molecule has 122 valence electrons. The van der Waals surface area contributed by atoms with Crippen LogP contribution in [0.2, 0.25) is 0 Å². The molecular weight excluding hydrogens is 312 g/mol. The standard InChI is InChI=1S/C18H20O4S/c1-20-15-5-3-14(4-6-15)9-12-23(19)16-7-8-17-18(13-16)22-11-2-10-21-17/h3-8,13H,2,9-12H2,1H3/t23-/m1/s1. The van der Waals surface area contributed by atoms with Crippen molar-refractivity contribution in [1.29, 1.82) is 0 Å². The fraction of sp³-hybridized carbons (Fsp3) is 0.333. The molecule has 0 aliphatic carbocycles. The van der Waals surface area contributed by atoms with Crippen molar-refractivity contribution in [2.24, 2.45) is 0 Å². The van der Waals surface area contributed by atoms with Crippen molar-refractivity contribution in [3.05, 3.63) is 48.0 Å². The van der Waals surface area contributed by atoms with Crippen LogP contribution in [0.25, 0.3) is 0 Å². The molecule has 0 saturated heterocycles. The van der Waals surface area contributed by atoms with E-state index in [0.29, 0.717) is 24.7 Å². The van der Waals surface area contributed by atoms with E-state index < -0.39 is 10.8 Å². The van der Waals surface area contributed by atoms with Gasteiger partial charge in [-0.15, -0.1) is 0 Å². The lowest BCUT2D eigenvalue weighted by Gasteiger charge is -2.09. The van der Waals surface area contributed by atoms with Crippen LogP contribution in [0.15, 0.2) is 47.4 Å². The molecule has 1 aliphatic rings. The van der Waals surface area contributed by atoms with E-state index in [-0.39, 0.29) is 0 Å². The van der Waals surface area contributed by atoms with E-state index in [2.05, 4.69) is 0 Å². The summed E-state index contributed by atoms with van der Waals surface area (Å²) in [6.07, 6.45) is 1.62. The summed E-state index contributed by atoms with van der Waals surface area (Å²) in [5.74, 6) is 2.83. The molecule has 2 aromatic rings. The van der Waals surface area contributed by atoms with Crippen molar-refractivity contribution in [2.45, 2.75) is 17.7 Å². The van der Waals surface area contributed by atoms with Gasteiger partial charge in [-0.3, -0.25) is 4.21 Å². The largest absolute Gasteiger partial charge is 0.497 e. The van der Waals surface area contributed by atoms with Crippen LogP contribution in [-0.2, 0) is 17.2 Å². The van der Waals surface area contributed by atoms with E-state index in [9.17, 15) is 4.21 Å². The lowest BCUT2D eigenvalue weighted by atomic mass is 10.2. The first-order valence-electron chi connectivity index (χ1n) is 7.67. The molecule has 23 heavy (non-hydrogen) atoms. The maximum Gasteiger partial charge on any atom is 0.162 e. The Morgan fingerprint density at radius 1 is 1.04 bits per heavy atom. The molecule has 0 radical (unpaired) electrons. The molecule has 2 aromatic carbocycles. The zero-order chi connectivity index (χ0) is 16.1. The zero-order valence-corrected chi connectivity index (χ0v) is 13.9. The first-order chi connectivity index (χ1) is 11.3. The van der Waals surface area contributed by atoms with Gasteiger partial charge in [0.05, 0.1) is 31.1 Å². The van der Waals surface area contributed by atoms with E-state index in [0.717, 1.165) is 34.8 Å². The summed E-state index contributed by atoms with van der Waals surface area (Å²) < 4.78 is 28.9. The predicted octanol–water partition coefficient (Wildman–Crippen LogP) is 3.21. The molecule has 1 atom stereocenters. The normalized spacial score (nSPS) is 14.8. The molecule has 1 heterocycles. The summed E-state index contributed by atoms with van der Waals surface area (Å²) in [6, 6.07) is 13.4. The third-order valence-electron chi connectivity index (χ3n) is 3.72. The number of hydrogen-bond donors (Lipinski definition) is 0. The first kappa shape index (κ1) is 15.9. The molecule has 0 bridgehead atoms. The summed E-state index contributed by atoms with van der Waals surface area (Å²) in [4.78, 5) is 0.780. The smallest absolute Gasteiger partial charge is 0.162 e. The van der Waals surface area contributed by atoms with Gasteiger partial charge >= 0.3 is 0 Å². The Bertz CT molecular complexity index is 682. The first-order valence-corrected chi connectivity index (χ1v) is 8.99. The van der Waals surface area contributed by atoms with Gasteiger partial charge < -0.3 is 14.2 Å². The van der Waals surface area contributed by atoms with Crippen LogP contribution in [-0.4, -0.2) is 30.3 Å². The minimum atomic E-state index is -1.06. The third-order valence-corrected chi connectivity index (χ3v) is 5.07. The fourth-order valence-electron chi connectivity index (χ4n) is 2.41. The second-order valence-corrected chi connectivity index (χ2v) is 6.88. The van der Waals surface area contributed by atoms with E-state index >= 15 is 0 Å². The highest BCUT2D eigenvalue weighted by Gasteiger charge is 2.13. The van der Waals surface area contributed by atoms with Crippen LogP contribution >= 0.6 is 0 Å². The topological polar surface area (TPSA) is 44.8 Å². The maximum atomic E-state index is 12.5. The van der Waals surface area contributed by atoms with Crippen molar-refractivity contribution in [3.63, 3.8) is 0 Å². The third kappa shape index (κ3) is 4.05. The predicted molar refractivity (Wildman–Crippen MR) is 90.0 cm³/mol. The number of rotatable bonds is 5. The molecule has 0 amide bonds. The van der Waals surface area contributed by atoms with Crippen LogP contribution in [0.5, 0.6) is 17.2 Å². The molecule has 0 aromatic heterocycles. The average Bonchev–Trinajstić information content (AvgIpc) is 2.84. The molecule has 0 unspecified atom stereocenters. The Hall–Kier alpha value is -2.01. The number of aryl methyl sites for hydroxylation is 1. The number of hydrogen-bond acceptors (Lipinski definition) is 4. The van der Waals surface area contributed by atoms with E-state index in [1.807, 2.05) is 42.5 Å². The average molecular weight is 332 g/mol. The van der Waals surface area contributed by atoms with Crippen molar-refractivity contribution >= 4 is 10.8 Å². The molecule has 0 saturated carbocycles. The van der Waals surface area contributed by atoms with Crippen molar-refractivity contribution < 1.29 is 18.4 Å². The van der Waals surface area contributed by atoms with Crippen molar-refractivity contribution in [1.82, 2.24) is 0 Å².